The van der Waals surface area contributed by atoms with E-state index in [2.05, 4.69) is 20.1 Å². The summed E-state index contributed by atoms with van der Waals surface area (Å²) in [7, 11) is 0. The minimum absolute atomic E-state index is 0.0624. The van der Waals surface area contributed by atoms with Gasteiger partial charge in [-0.3, -0.25) is 14.6 Å². The summed E-state index contributed by atoms with van der Waals surface area (Å²) >= 11 is 13.6. The van der Waals surface area contributed by atoms with Gasteiger partial charge >= 0.3 is 0 Å². The van der Waals surface area contributed by atoms with Crippen molar-refractivity contribution in [2.45, 2.75) is 6.54 Å². The number of halogens is 2. The highest BCUT2D eigenvalue weighted by Gasteiger charge is 2.20. The molecular formula is C20H20Cl2N4O2S. The monoisotopic (exact) mass is 450 g/mol. The van der Waals surface area contributed by atoms with Crippen LogP contribution in [0, 0.1) is 0 Å². The summed E-state index contributed by atoms with van der Waals surface area (Å²) in [5.41, 5.74) is 1.51. The van der Waals surface area contributed by atoms with Gasteiger partial charge in [0, 0.05) is 42.1 Å². The molecular weight excluding hydrogens is 431 g/mol. The molecule has 0 radical (unpaired) electrons. The fraction of sp³-hybridized carbons (Fsp3) is 0.300. The molecule has 1 aliphatic rings. The number of hydrogen-bond acceptors (Lipinski definition) is 6. The number of benzene rings is 1. The van der Waals surface area contributed by atoms with Gasteiger partial charge in [-0.1, -0.05) is 23.2 Å². The number of aromatic nitrogens is 1. The predicted octanol–water partition coefficient (Wildman–Crippen LogP) is 4.47. The van der Waals surface area contributed by atoms with Crippen LogP contribution in [0.2, 0.25) is 10.0 Å². The second kappa shape index (κ2) is 9.28. The Bertz CT molecular complexity index is 969. The van der Waals surface area contributed by atoms with Crippen LogP contribution >= 0.6 is 34.5 Å². The van der Waals surface area contributed by atoms with E-state index in [1.807, 2.05) is 23.6 Å². The van der Waals surface area contributed by atoms with Gasteiger partial charge in [-0.2, -0.15) is 0 Å². The topological polar surface area (TPSA) is 61.6 Å². The summed E-state index contributed by atoms with van der Waals surface area (Å²) < 4.78 is 5.40. The number of carbonyl (C=O) groups excluding carboxylic acids is 1. The molecule has 4 rings (SSSR count). The molecule has 0 spiro atoms. The Morgan fingerprint density at radius 2 is 1.97 bits per heavy atom. The molecule has 1 aromatic carbocycles. The van der Waals surface area contributed by atoms with Gasteiger partial charge in [0.25, 0.3) is 0 Å². The lowest BCUT2D eigenvalue weighted by molar-refractivity contribution is -0.117. The van der Waals surface area contributed by atoms with E-state index in [1.165, 1.54) is 11.3 Å². The number of rotatable bonds is 6. The highest BCUT2D eigenvalue weighted by molar-refractivity contribution is 7.14. The number of piperazine rings is 1. The van der Waals surface area contributed by atoms with Crippen LogP contribution in [0.25, 0.3) is 11.3 Å². The fourth-order valence-corrected chi connectivity index (χ4v) is 4.47. The van der Waals surface area contributed by atoms with Gasteiger partial charge in [0.1, 0.15) is 5.76 Å². The molecule has 3 heterocycles. The summed E-state index contributed by atoms with van der Waals surface area (Å²) in [6.45, 7) is 4.66. The SMILES string of the molecule is O=C(CN1CCN(Cc2ccco2)CC1)Nc1nc(-c2ccc(Cl)cc2Cl)cs1. The predicted molar refractivity (Wildman–Crippen MR) is 117 cm³/mol. The van der Waals surface area contributed by atoms with Gasteiger partial charge in [0.15, 0.2) is 5.13 Å². The van der Waals surface area contributed by atoms with Crippen molar-refractivity contribution >= 4 is 45.6 Å². The molecule has 1 amide bonds. The van der Waals surface area contributed by atoms with E-state index in [0.29, 0.717) is 21.7 Å². The smallest absolute Gasteiger partial charge is 0.240 e. The van der Waals surface area contributed by atoms with Crippen molar-refractivity contribution < 1.29 is 9.21 Å². The van der Waals surface area contributed by atoms with Gasteiger partial charge < -0.3 is 9.73 Å². The van der Waals surface area contributed by atoms with Crippen molar-refractivity contribution in [2.24, 2.45) is 0 Å². The van der Waals surface area contributed by atoms with Gasteiger partial charge in [-0.15, -0.1) is 11.3 Å². The van der Waals surface area contributed by atoms with Crippen LogP contribution in [0.4, 0.5) is 5.13 Å². The molecule has 9 heteroatoms. The molecule has 1 saturated heterocycles. The third kappa shape index (κ3) is 5.38. The van der Waals surface area contributed by atoms with Crippen LogP contribution < -0.4 is 5.32 Å². The quantitative estimate of drug-likeness (QED) is 0.600. The maximum absolute atomic E-state index is 12.4. The molecule has 0 atom stereocenters. The molecule has 0 aliphatic carbocycles. The van der Waals surface area contributed by atoms with Crippen LogP contribution in [-0.4, -0.2) is 53.4 Å². The average Bonchev–Trinajstić information content (AvgIpc) is 3.35. The van der Waals surface area contributed by atoms with Crippen LogP contribution in [-0.2, 0) is 11.3 Å². The summed E-state index contributed by atoms with van der Waals surface area (Å²) in [6.07, 6.45) is 1.70. The number of anilines is 1. The number of amides is 1. The number of thiazole rings is 1. The lowest BCUT2D eigenvalue weighted by Crippen LogP contribution is -2.48. The van der Waals surface area contributed by atoms with Crippen molar-refractivity contribution in [1.82, 2.24) is 14.8 Å². The summed E-state index contributed by atoms with van der Waals surface area (Å²) in [4.78, 5) is 21.4. The van der Waals surface area contributed by atoms with E-state index < -0.39 is 0 Å². The van der Waals surface area contributed by atoms with Gasteiger partial charge in [-0.25, -0.2) is 4.98 Å². The summed E-state index contributed by atoms with van der Waals surface area (Å²) in [5, 5.41) is 6.43. The maximum atomic E-state index is 12.4. The molecule has 2 aromatic heterocycles. The molecule has 152 valence electrons. The van der Waals surface area contributed by atoms with Gasteiger partial charge in [0.2, 0.25) is 5.91 Å². The second-order valence-electron chi connectivity index (χ2n) is 6.84. The molecule has 1 fully saturated rings. The minimum Gasteiger partial charge on any atom is -0.468 e. The molecule has 3 aromatic rings. The Morgan fingerprint density at radius 1 is 1.17 bits per heavy atom. The standard InChI is InChI=1S/C20H20Cl2N4O2S/c21-14-3-4-16(17(22)10-14)18-13-29-20(23-18)24-19(27)12-26-7-5-25(6-8-26)11-15-2-1-9-28-15/h1-4,9-10,13H,5-8,11-12H2,(H,23,24,27). The van der Waals surface area contributed by atoms with E-state index in [9.17, 15) is 4.79 Å². The first-order valence-electron chi connectivity index (χ1n) is 9.25. The second-order valence-corrected chi connectivity index (χ2v) is 8.54. The Balaban J connectivity index is 1.27. The van der Waals surface area contributed by atoms with Crippen LogP contribution in [0.1, 0.15) is 5.76 Å². The summed E-state index contributed by atoms with van der Waals surface area (Å²) in [6, 6.07) is 9.17. The number of nitrogens with zero attached hydrogens (tertiary/aromatic N) is 3. The van der Waals surface area contributed by atoms with Crippen molar-refractivity contribution in [3.8, 4) is 11.3 Å². The lowest BCUT2D eigenvalue weighted by Gasteiger charge is -2.33. The van der Waals surface area contributed by atoms with E-state index >= 15 is 0 Å². The molecule has 1 N–H and O–H groups in total. The Hall–Kier alpha value is -1.90. The number of nitrogens with one attached hydrogen (secondary N) is 1. The Labute approximate surface area is 183 Å². The third-order valence-corrected chi connectivity index (χ3v) is 6.05. The molecule has 6 nitrogen and oxygen atoms in total. The lowest BCUT2D eigenvalue weighted by atomic mass is 10.2. The summed E-state index contributed by atoms with van der Waals surface area (Å²) in [5.74, 6) is 0.907. The zero-order valence-electron chi connectivity index (χ0n) is 15.6. The van der Waals surface area contributed by atoms with E-state index in [-0.39, 0.29) is 5.91 Å². The van der Waals surface area contributed by atoms with Crippen LogP contribution in [0.3, 0.4) is 0 Å². The molecule has 0 saturated carbocycles. The average molecular weight is 451 g/mol. The van der Waals surface area contributed by atoms with Crippen LogP contribution in [0.5, 0.6) is 0 Å². The highest BCUT2D eigenvalue weighted by atomic mass is 35.5. The fourth-order valence-electron chi connectivity index (χ4n) is 3.24. The Morgan fingerprint density at radius 3 is 2.69 bits per heavy atom. The number of furan rings is 1. The van der Waals surface area contributed by atoms with Crippen molar-refractivity contribution in [1.29, 1.82) is 0 Å². The first kappa shape index (κ1) is 20.4. The Kier molecular flexibility index (Phi) is 6.52. The maximum Gasteiger partial charge on any atom is 0.240 e. The minimum atomic E-state index is -0.0624. The zero-order valence-corrected chi connectivity index (χ0v) is 17.9. The van der Waals surface area contributed by atoms with E-state index in [1.54, 1.807) is 18.4 Å². The number of hydrogen-bond donors (Lipinski definition) is 1. The van der Waals surface area contributed by atoms with Gasteiger partial charge in [0.05, 0.1) is 30.1 Å². The van der Waals surface area contributed by atoms with Crippen molar-refractivity contribution in [2.75, 3.05) is 38.0 Å². The molecule has 29 heavy (non-hydrogen) atoms. The van der Waals surface area contributed by atoms with Crippen molar-refractivity contribution in [3.05, 3.63) is 57.8 Å². The highest BCUT2D eigenvalue weighted by Crippen LogP contribution is 2.32. The van der Waals surface area contributed by atoms with E-state index in [4.69, 9.17) is 27.6 Å². The normalized spacial score (nSPS) is 15.5. The zero-order chi connectivity index (χ0) is 20.2. The number of carbonyl (C=O) groups is 1. The van der Waals surface area contributed by atoms with Crippen molar-refractivity contribution in [3.63, 3.8) is 0 Å². The molecule has 1 aliphatic heterocycles. The van der Waals surface area contributed by atoms with E-state index in [0.717, 1.165) is 49.7 Å². The molecule has 0 unspecified atom stereocenters. The third-order valence-electron chi connectivity index (χ3n) is 4.75. The first-order valence-corrected chi connectivity index (χ1v) is 10.9. The van der Waals surface area contributed by atoms with Crippen LogP contribution in [0.15, 0.2) is 46.4 Å². The van der Waals surface area contributed by atoms with Gasteiger partial charge in [-0.05, 0) is 30.3 Å². The largest absolute Gasteiger partial charge is 0.468 e. The first-order chi connectivity index (χ1) is 14.1. The molecule has 0 bridgehead atoms.